The fourth-order valence-corrected chi connectivity index (χ4v) is 3.78. The Labute approximate surface area is 195 Å². The molecular weight excluding hydrogens is 499 g/mol. The molecule has 9 heteroatoms. The number of nitrogens with zero attached hydrogens (tertiary/aromatic N) is 3. The molecule has 0 spiro atoms. The van der Waals surface area contributed by atoms with E-state index in [-0.39, 0.29) is 46.8 Å². The van der Waals surface area contributed by atoms with Crippen molar-refractivity contribution in [1.29, 1.82) is 0 Å². The molecule has 0 saturated carbocycles. The summed E-state index contributed by atoms with van der Waals surface area (Å²) in [4.78, 5) is 17.5. The van der Waals surface area contributed by atoms with Gasteiger partial charge in [-0.05, 0) is 44.6 Å². The molecule has 3 rings (SSSR count). The van der Waals surface area contributed by atoms with Gasteiger partial charge in [-0.3, -0.25) is 10.1 Å². The number of hydrogen-bond acceptors (Lipinski definition) is 5. The van der Waals surface area contributed by atoms with Crippen molar-refractivity contribution in [2.45, 2.75) is 57.8 Å². The molecule has 2 aliphatic rings. The minimum absolute atomic E-state index is 0. The molecule has 1 aromatic carbocycles. The highest BCUT2D eigenvalue weighted by Crippen LogP contribution is 2.18. The number of rotatable bonds is 7. The van der Waals surface area contributed by atoms with Crippen LogP contribution >= 0.6 is 24.0 Å². The van der Waals surface area contributed by atoms with Crippen molar-refractivity contribution in [3.63, 3.8) is 0 Å². The fraction of sp³-hybridized carbons (Fsp3) is 0.667. The third-order valence-electron chi connectivity index (χ3n) is 5.40. The number of non-ortho nitro benzene ring substituents is 1. The van der Waals surface area contributed by atoms with Crippen molar-refractivity contribution in [2.24, 2.45) is 4.99 Å². The predicted molar refractivity (Wildman–Crippen MR) is 127 cm³/mol. The third kappa shape index (κ3) is 7.66. The van der Waals surface area contributed by atoms with E-state index in [1.807, 2.05) is 13.0 Å². The van der Waals surface area contributed by atoms with Gasteiger partial charge in [-0.2, -0.15) is 0 Å². The number of ether oxygens (including phenoxy) is 2. The lowest BCUT2D eigenvalue weighted by Crippen LogP contribution is -2.47. The zero-order valence-corrected chi connectivity index (χ0v) is 20.0. The SMILES string of the molecule is CCNC(=NCc1cccc([N+](=O)[O-])c1)N1CCC(OCC2CCCCO2)CC1.I. The minimum atomic E-state index is -0.373. The van der Waals surface area contributed by atoms with Gasteiger partial charge in [0, 0.05) is 38.4 Å². The van der Waals surface area contributed by atoms with Crippen LogP contribution < -0.4 is 5.32 Å². The van der Waals surface area contributed by atoms with Crippen LogP contribution in [0.15, 0.2) is 29.3 Å². The number of halogens is 1. The summed E-state index contributed by atoms with van der Waals surface area (Å²) < 4.78 is 11.9. The first-order valence-corrected chi connectivity index (χ1v) is 10.7. The molecule has 168 valence electrons. The van der Waals surface area contributed by atoms with Crippen molar-refractivity contribution in [3.8, 4) is 0 Å². The summed E-state index contributed by atoms with van der Waals surface area (Å²) in [6.45, 7) is 6.57. The number of nitro groups is 1. The molecule has 0 amide bonds. The Morgan fingerprint density at radius 1 is 1.33 bits per heavy atom. The van der Waals surface area contributed by atoms with Crippen molar-refractivity contribution < 1.29 is 14.4 Å². The molecule has 1 aromatic rings. The molecule has 2 fully saturated rings. The summed E-state index contributed by atoms with van der Waals surface area (Å²) in [6.07, 6.45) is 5.97. The normalized spacial score (nSPS) is 20.5. The van der Waals surface area contributed by atoms with Crippen molar-refractivity contribution in [1.82, 2.24) is 10.2 Å². The average molecular weight is 532 g/mol. The lowest BCUT2D eigenvalue weighted by Gasteiger charge is -2.35. The van der Waals surface area contributed by atoms with Crippen LogP contribution in [0.2, 0.25) is 0 Å². The van der Waals surface area contributed by atoms with Crippen LogP contribution in [0.1, 0.15) is 44.6 Å². The van der Waals surface area contributed by atoms with Crippen molar-refractivity contribution in [3.05, 3.63) is 39.9 Å². The van der Waals surface area contributed by atoms with Gasteiger partial charge in [0.15, 0.2) is 5.96 Å². The summed E-state index contributed by atoms with van der Waals surface area (Å²) in [5.74, 6) is 0.855. The van der Waals surface area contributed by atoms with Crippen LogP contribution in [0.4, 0.5) is 5.69 Å². The van der Waals surface area contributed by atoms with Gasteiger partial charge >= 0.3 is 0 Å². The summed E-state index contributed by atoms with van der Waals surface area (Å²) >= 11 is 0. The maximum absolute atomic E-state index is 11.0. The summed E-state index contributed by atoms with van der Waals surface area (Å²) in [5, 5.41) is 14.3. The van der Waals surface area contributed by atoms with Gasteiger partial charge in [0.1, 0.15) is 0 Å². The number of hydrogen-bond donors (Lipinski definition) is 1. The smallest absolute Gasteiger partial charge is 0.269 e. The van der Waals surface area contributed by atoms with E-state index in [1.54, 1.807) is 12.1 Å². The lowest BCUT2D eigenvalue weighted by atomic mass is 10.1. The van der Waals surface area contributed by atoms with Crippen LogP contribution in [-0.2, 0) is 16.0 Å². The molecule has 0 bridgehead atoms. The topological polar surface area (TPSA) is 89.2 Å². The number of nitro benzene ring substituents is 1. The van der Waals surface area contributed by atoms with Gasteiger partial charge < -0.3 is 19.7 Å². The highest BCUT2D eigenvalue weighted by molar-refractivity contribution is 14.0. The van der Waals surface area contributed by atoms with E-state index >= 15 is 0 Å². The second kappa shape index (κ2) is 13.1. The zero-order chi connectivity index (χ0) is 20.5. The Kier molecular flexibility index (Phi) is 10.8. The molecule has 2 aliphatic heterocycles. The van der Waals surface area contributed by atoms with Gasteiger partial charge in [0.25, 0.3) is 5.69 Å². The Bertz CT molecular complexity index is 689. The molecule has 1 atom stereocenters. The molecule has 0 aromatic heterocycles. The van der Waals surface area contributed by atoms with Gasteiger partial charge in [0.2, 0.25) is 0 Å². The van der Waals surface area contributed by atoms with E-state index in [9.17, 15) is 10.1 Å². The second-order valence-electron chi connectivity index (χ2n) is 7.61. The minimum Gasteiger partial charge on any atom is -0.376 e. The number of aliphatic imine (C=N–C) groups is 1. The Hall–Kier alpha value is -1.46. The Balaban J connectivity index is 0.00000320. The predicted octanol–water partition coefficient (Wildman–Crippen LogP) is 3.73. The zero-order valence-electron chi connectivity index (χ0n) is 17.6. The highest BCUT2D eigenvalue weighted by atomic mass is 127. The highest BCUT2D eigenvalue weighted by Gasteiger charge is 2.23. The van der Waals surface area contributed by atoms with Crippen LogP contribution in [-0.4, -0.2) is 60.8 Å². The van der Waals surface area contributed by atoms with Crippen LogP contribution in [0.3, 0.4) is 0 Å². The maximum Gasteiger partial charge on any atom is 0.269 e. The Morgan fingerprint density at radius 2 is 2.13 bits per heavy atom. The summed E-state index contributed by atoms with van der Waals surface area (Å²) in [5.41, 5.74) is 0.933. The van der Waals surface area contributed by atoms with E-state index in [0.717, 1.165) is 63.4 Å². The monoisotopic (exact) mass is 532 g/mol. The Morgan fingerprint density at radius 3 is 2.80 bits per heavy atom. The molecule has 30 heavy (non-hydrogen) atoms. The van der Waals surface area contributed by atoms with E-state index in [1.165, 1.54) is 12.5 Å². The summed E-state index contributed by atoms with van der Waals surface area (Å²) in [7, 11) is 0. The molecule has 1 unspecified atom stereocenters. The van der Waals surface area contributed by atoms with Gasteiger partial charge in [-0.15, -0.1) is 24.0 Å². The van der Waals surface area contributed by atoms with Gasteiger partial charge in [0.05, 0.1) is 30.3 Å². The standard InChI is InChI=1S/C21H32N4O4.HI/c1-2-22-21(23-15-17-6-5-7-18(14-17)25(26)27)24-11-9-19(10-12-24)29-16-20-8-3-4-13-28-20;/h5-7,14,19-20H,2-4,8-13,15-16H2,1H3,(H,22,23);1H. The molecule has 0 radical (unpaired) electrons. The first-order chi connectivity index (χ1) is 14.2. The van der Waals surface area contributed by atoms with Crippen LogP contribution in [0, 0.1) is 10.1 Å². The maximum atomic E-state index is 11.0. The van der Waals surface area contributed by atoms with Gasteiger partial charge in [-0.1, -0.05) is 12.1 Å². The lowest BCUT2D eigenvalue weighted by molar-refractivity contribution is -0.384. The first kappa shape index (κ1) is 24.8. The number of piperidine rings is 1. The average Bonchev–Trinajstić information content (AvgIpc) is 2.76. The third-order valence-corrected chi connectivity index (χ3v) is 5.40. The number of likely N-dealkylation sites (tertiary alicyclic amines) is 1. The van der Waals surface area contributed by atoms with Crippen molar-refractivity contribution >= 4 is 35.6 Å². The van der Waals surface area contributed by atoms with Crippen LogP contribution in [0.25, 0.3) is 0 Å². The quantitative estimate of drug-likeness (QED) is 0.189. The molecule has 2 saturated heterocycles. The van der Waals surface area contributed by atoms with Gasteiger partial charge in [-0.25, -0.2) is 4.99 Å². The molecule has 2 heterocycles. The molecule has 1 N–H and O–H groups in total. The second-order valence-corrected chi connectivity index (χ2v) is 7.61. The molecule has 8 nitrogen and oxygen atoms in total. The largest absolute Gasteiger partial charge is 0.376 e. The van der Waals surface area contributed by atoms with E-state index in [2.05, 4.69) is 10.2 Å². The van der Waals surface area contributed by atoms with E-state index in [4.69, 9.17) is 14.5 Å². The number of benzene rings is 1. The first-order valence-electron chi connectivity index (χ1n) is 10.7. The van der Waals surface area contributed by atoms with Crippen molar-refractivity contribution in [2.75, 3.05) is 32.8 Å². The van der Waals surface area contributed by atoms with E-state index in [0.29, 0.717) is 13.2 Å². The molecule has 0 aliphatic carbocycles. The molecular formula is C21H33IN4O4. The summed E-state index contributed by atoms with van der Waals surface area (Å²) in [6, 6.07) is 6.66. The fourth-order valence-electron chi connectivity index (χ4n) is 3.78. The number of guanidine groups is 1. The number of nitrogens with one attached hydrogen (secondary N) is 1. The van der Waals surface area contributed by atoms with Crippen LogP contribution in [0.5, 0.6) is 0 Å². The van der Waals surface area contributed by atoms with E-state index < -0.39 is 0 Å².